The van der Waals surface area contributed by atoms with Crippen molar-refractivity contribution < 1.29 is 4.52 Å². The summed E-state index contributed by atoms with van der Waals surface area (Å²) in [6, 6.07) is 2.51. The normalized spacial score (nSPS) is 24.8. The van der Waals surface area contributed by atoms with Gasteiger partial charge < -0.3 is 9.84 Å². The van der Waals surface area contributed by atoms with E-state index < -0.39 is 0 Å². The zero-order valence-corrected chi connectivity index (χ0v) is 7.86. The van der Waals surface area contributed by atoms with Crippen molar-refractivity contribution in [2.75, 3.05) is 19.6 Å². The summed E-state index contributed by atoms with van der Waals surface area (Å²) >= 11 is 0. The number of hydrogen-bond acceptors (Lipinski definition) is 4. The maximum atomic E-state index is 4.79. The Morgan fingerprint density at radius 2 is 2.69 bits per heavy atom. The number of hydrogen-bond donors (Lipinski definition) is 1. The van der Waals surface area contributed by atoms with E-state index in [1.54, 1.807) is 6.26 Å². The van der Waals surface area contributed by atoms with Crippen LogP contribution in [0.4, 0.5) is 0 Å². The number of nitrogens with one attached hydrogen (secondary N) is 1. The minimum Gasteiger partial charge on any atom is -0.364 e. The standard InChI is InChI=1S/C9H15N3O/c1-8-6-12(4-3-10-8)7-9-2-5-13-11-9/h2,5,8,10H,3-4,6-7H2,1H3. The summed E-state index contributed by atoms with van der Waals surface area (Å²) in [5.74, 6) is 0. The fourth-order valence-electron chi connectivity index (χ4n) is 1.70. The monoisotopic (exact) mass is 181 g/mol. The summed E-state index contributed by atoms with van der Waals surface area (Å²) in [5.41, 5.74) is 1.02. The topological polar surface area (TPSA) is 41.3 Å². The number of rotatable bonds is 2. The molecule has 1 N–H and O–H groups in total. The number of piperazine rings is 1. The maximum absolute atomic E-state index is 4.79. The molecule has 4 heteroatoms. The van der Waals surface area contributed by atoms with Crippen LogP contribution in [0.5, 0.6) is 0 Å². The molecule has 0 radical (unpaired) electrons. The van der Waals surface area contributed by atoms with Gasteiger partial charge in [0.25, 0.3) is 0 Å². The lowest BCUT2D eigenvalue weighted by atomic mass is 10.2. The van der Waals surface area contributed by atoms with Gasteiger partial charge in [0.05, 0.1) is 5.69 Å². The molecule has 0 aliphatic carbocycles. The van der Waals surface area contributed by atoms with E-state index in [2.05, 4.69) is 22.3 Å². The van der Waals surface area contributed by atoms with Crippen molar-refractivity contribution in [3.8, 4) is 0 Å². The van der Waals surface area contributed by atoms with Crippen LogP contribution in [-0.4, -0.2) is 35.7 Å². The highest BCUT2D eigenvalue weighted by Gasteiger charge is 2.15. The van der Waals surface area contributed by atoms with Gasteiger partial charge in [-0.05, 0) is 6.92 Å². The fourth-order valence-corrected chi connectivity index (χ4v) is 1.70. The second-order valence-corrected chi connectivity index (χ2v) is 3.58. The molecule has 2 rings (SSSR count). The van der Waals surface area contributed by atoms with Gasteiger partial charge in [-0.3, -0.25) is 4.90 Å². The minimum atomic E-state index is 0.584. The molecule has 1 atom stereocenters. The predicted octanol–water partition coefficient (Wildman–Crippen LogP) is 0.468. The second-order valence-electron chi connectivity index (χ2n) is 3.58. The minimum absolute atomic E-state index is 0.584. The van der Waals surface area contributed by atoms with Gasteiger partial charge in [-0.2, -0.15) is 0 Å². The van der Waals surface area contributed by atoms with Crippen LogP contribution >= 0.6 is 0 Å². The summed E-state index contributed by atoms with van der Waals surface area (Å²) in [4.78, 5) is 2.39. The largest absolute Gasteiger partial charge is 0.364 e. The molecule has 1 aliphatic heterocycles. The van der Waals surface area contributed by atoms with E-state index in [1.165, 1.54) is 0 Å². The van der Waals surface area contributed by atoms with Gasteiger partial charge in [0.1, 0.15) is 6.26 Å². The van der Waals surface area contributed by atoms with Gasteiger partial charge in [0.2, 0.25) is 0 Å². The molecule has 0 aromatic carbocycles. The third-order valence-electron chi connectivity index (χ3n) is 2.33. The van der Waals surface area contributed by atoms with Gasteiger partial charge in [-0.1, -0.05) is 5.16 Å². The molecule has 1 aromatic rings. The first-order valence-electron chi connectivity index (χ1n) is 4.69. The van der Waals surface area contributed by atoms with Gasteiger partial charge in [0, 0.05) is 38.3 Å². The van der Waals surface area contributed by atoms with Crippen molar-refractivity contribution in [2.45, 2.75) is 19.5 Å². The van der Waals surface area contributed by atoms with Crippen LogP contribution in [0.1, 0.15) is 12.6 Å². The summed E-state index contributed by atoms with van der Waals surface area (Å²) in [6.45, 7) is 6.36. The van der Waals surface area contributed by atoms with Crippen LogP contribution in [0, 0.1) is 0 Å². The van der Waals surface area contributed by atoms with Crippen molar-refractivity contribution in [2.24, 2.45) is 0 Å². The lowest BCUT2D eigenvalue weighted by Gasteiger charge is -2.30. The highest BCUT2D eigenvalue weighted by atomic mass is 16.5. The van der Waals surface area contributed by atoms with Crippen LogP contribution in [0.15, 0.2) is 16.9 Å². The molecule has 0 amide bonds. The molecular formula is C9H15N3O. The Kier molecular flexibility index (Phi) is 2.61. The lowest BCUT2D eigenvalue weighted by Crippen LogP contribution is -2.48. The smallest absolute Gasteiger partial charge is 0.124 e. The van der Waals surface area contributed by atoms with Crippen LogP contribution in [0.25, 0.3) is 0 Å². The van der Waals surface area contributed by atoms with Crippen LogP contribution in [0.3, 0.4) is 0 Å². The Morgan fingerprint density at radius 3 is 3.38 bits per heavy atom. The molecule has 2 heterocycles. The Hall–Kier alpha value is -0.870. The maximum Gasteiger partial charge on any atom is 0.124 e. The zero-order valence-electron chi connectivity index (χ0n) is 7.86. The van der Waals surface area contributed by atoms with Crippen LogP contribution in [0.2, 0.25) is 0 Å². The van der Waals surface area contributed by atoms with E-state index in [9.17, 15) is 0 Å². The van der Waals surface area contributed by atoms with E-state index in [4.69, 9.17) is 4.52 Å². The first kappa shape index (κ1) is 8.72. The molecule has 1 aromatic heterocycles. The number of aromatic nitrogens is 1. The number of nitrogens with zero attached hydrogens (tertiary/aromatic N) is 2. The first-order chi connectivity index (χ1) is 6.34. The molecule has 0 bridgehead atoms. The van der Waals surface area contributed by atoms with Crippen LogP contribution < -0.4 is 5.32 Å². The molecule has 0 saturated carbocycles. The van der Waals surface area contributed by atoms with E-state index in [1.807, 2.05) is 6.07 Å². The van der Waals surface area contributed by atoms with E-state index in [0.29, 0.717) is 6.04 Å². The summed E-state index contributed by atoms with van der Waals surface area (Å²) in [7, 11) is 0. The van der Waals surface area contributed by atoms with Crippen LogP contribution in [-0.2, 0) is 6.54 Å². The Morgan fingerprint density at radius 1 is 1.77 bits per heavy atom. The summed E-state index contributed by atoms with van der Waals surface area (Å²) in [6.07, 6.45) is 1.63. The Bertz CT molecular complexity index is 247. The highest BCUT2D eigenvalue weighted by Crippen LogP contribution is 2.04. The molecule has 1 aliphatic rings. The first-order valence-corrected chi connectivity index (χ1v) is 4.69. The molecule has 4 nitrogen and oxygen atoms in total. The molecule has 0 spiro atoms. The van der Waals surface area contributed by atoms with Gasteiger partial charge in [-0.15, -0.1) is 0 Å². The van der Waals surface area contributed by atoms with Crippen molar-refractivity contribution >= 4 is 0 Å². The van der Waals surface area contributed by atoms with E-state index in [0.717, 1.165) is 31.9 Å². The highest BCUT2D eigenvalue weighted by molar-refractivity contribution is 4.95. The van der Waals surface area contributed by atoms with E-state index in [-0.39, 0.29) is 0 Å². The molecular weight excluding hydrogens is 166 g/mol. The summed E-state index contributed by atoms with van der Waals surface area (Å²) in [5, 5.41) is 7.30. The van der Waals surface area contributed by atoms with Gasteiger partial charge in [-0.25, -0.2) is 0 Å². The van der Waals surface area contributed by atoms with Gasteiger partial charge >= 0.3 is 0 Å². The quantitative estimate of drug-likeness (QED) is 0.720. The molecule has 13 heavy (non-hydrogen) atoms. The average molecular weight is 181 g/mol. The summed E-state index contributed by atoms with van der Waals surface area (Å²) < 4.78 is 4.79. The SMILES string of the molecule is CC1CN(Cc2ccon2)CCN1. The third kappa shape index (κ3) is 2.29. The molecule has 1 fully saturated rings. The van der Waals surface area contributed by atoms with Gasteiger partial charge in [0.15, 0.2) is 0 Å². The van der Waals surface area contributed by atoms with E-state index >= 15 is 0 Å². The predicted molar refractivity (Wildman–Crippen MR) is 49.2 cm³/mol. The van der Waals surface area contributed by atoms with Crippen molar-refractivity contribution in [3.05, 3.63) is 18.0 Å². The molecule has 72 valence electrons. The molecule has 1 unspecified atom stereocenters. The second kappa shape index (κ2) is 3.89. The Balaban J connectivity index is 1.87. The fraction of sp³-hybridized carbons (Fsp3) is 0.667. The van der Waals surface area contributed by atoms with Crippen molar-refractivity contribution in [1.29, 1.82) is 0 Å². The zero-order chi connectivity index (χ0) is 9.10. The average Bonchev–Trinajstić information content (AvgIpc) is 2.57. The third-order valence-corrected chi connectivity index (χ3v) is 2.33. The van der Waals surface area contributed by atoms with Crippen molar-refractivity contribution in [3.63, 3.8) is 0 Å². The molecule has 1 saturated heterocycles. The van der Waals surface area contributed by atoms with Crippen molar-refractivity contribution in [1.82, 2.24) is 15.4 Å². The Labute approximate surface area is 77.9 Å². The lowest BCUT2D eigenvalue weighted by molar-refractivity contribution is 0.195.